The molecule has 1 saturated heterocycles. The number of halogens is 3. The van der Waals surface area contributed by atoms with Gasteiger partial charge in [-0.3, -0.25) is 9.69 Å². The summed E-state index contributed by atoms with van der Waals surface area (Å²) in [7, 11) is 0. The van der Waals surface area contributed by atoms with Crippen molar-refractivity contribution in [2.75, 3.05) is 18.4 Å². The van der Waals surface area contributed by atoms with Crippen LogP contribution in [0.15, 0.2) is 66.7 Å². The lowest BCUT2D eigenvalue weighted by Crippen LogP contribution is -2.37. The maximum absolute atomic E-state index is 12.7. The van der Waals surface area contributed by atoms with Crippen molar-refractivity contribution in [3.8, 4) is 0 Å². The topological polar surface area (TPSA) is 32.3 Å². The first-order valence-corrected chi connectivity index (χ1v) is 10.1. The molecule has 0 atom stereocenters. The minimum atomic E-state index is -4.38. The number of anilines is 1. The van der Waals surface area contributed by atoms with Crippen LogP contribution in [0.4, 0.5) is 18.9 Å². The first-order valence-electron chi connectivity index (χ1n) is 10.1. The smallest absolute Gasteiger partial charge is 0.326 e. The van der Waals surface area contributed by atoms with Gasteiger partial charge >= 0.3 is 6.18 Å². The van der Waals surface area contributed by atoms with Crippen molar-refractivity contribution in [3.05, 3.63) is 77.9 Å². The van der Waals surface area contributed by atoms with E-state index in [9.17, 15) is 18.0 Å². The Morgan fingerprint density at radius 3 is 2.30 bits per heavy atom. The predicted octanol–water partition coefficient (Wildman–Crippen LogP) is 5.71. The van der Waals surface area contributed by atoms with Gasteiger partial charge in [0, 0.05) is 18.2 Å². The fraction of sp³-hybridized carbons (Fsp3) is 0.292. The lowest BCUT2D eigenvalue weighted by atomic mass is 9.95. The number of amides is 1. The fourth-order valence-electron chi connectivity index (χ4n) is 4.01. The van der Waals surface area contributed by atoms with Crippen LogP contribution in [-0.2, 0) is 17.5 Å². The molecule has 0 spiro atoms. The summed E-state index contributed by atoms with van der Waals surface area (Å²) in [6.45, 7) is 2.47. The summed E-state index contributed by atoms with van der Waals surface area (Å²) in [6.07, 6.45) is -2.91. The minimum Gasteiger partial charge on any atom is -0.326 e. The fourth-order valence-corrected chi connectivity index (χ4v) is 4.01. The number of hydrogen-bond acceptors (Lipinski definition) is 2. The number of benzene rings is 3. The molecule has 1 aliphatic rings. The van der Waals surface area contributed by atoms with Gasteiger partial charge in [-0.2, -0.15) is 13.2 Å². The second-order valence-corrected chi connectivity index (χ2v) is 7.75. The molecule has 1 N–H and O–H groups in total. The van der Waals surface area contributed by atoms with Crippen LogP contribution in [0.3, 0.4) is 0 Å². The molecule has 3 aromatic rings. The van der Waals surface area contributed by atoms with E-state index in [0.29, 0.717) is 5.69 Å². The Bertz CT molecular complexity index is 1020. The second-order valence-electron chi connectivity index (χ2n) is 7.75. The zero-order chi connectivity index (χ0) is 21.1. The van der Waals surface area contributed by atoms with Crippen molar-refractivity contribution in [2.45, 2.75) is 25.6 Å². The number of piperidine rings is 1. The van der Waals surface area contributed by atoms with Crippen molar-refractivity contribution in [1.82, 2.24) is 4.90 Å². The molecule has 0 aromatic heterocycles. The number of likely N-dealkylation sites (tertiary alicyclic amines) is 1. The van der Waals surface area contributed by atoms with Gasteiger partial charge in [-0.25, -0.2) is 0 Å². The molecule has 4 rings (SSSR count). The van der Waals surface area contributed by atoms with Crippen molar-refractivity contribution in [1.29, 1.82) is 0 Å². The number of nitrogens with one attached hydrogen (secondary N) is 1. The van der Waals surface area contributed by atoms with Crippen LogP contribution < -0.4 is 5.32 Å². The monoisotopic (exact) mass is 412 g/mol. The Kier molecular flexibility index (Phi) is 5.77. The molecule has 0 bridgehead atoms. The van der Waals surface area contributed by atoms with Gasteiger partial charge in [0.25, 0.3) is 0 Å². The van der Waals surface area contributed by atoms with Crippen LogP contribution in [0.25, 0.3) is 10.8 Å². The maximum atomic E-state index is 12.7. The number of alkyl halides is 3. The minimum absolute atomic E-state index is 0.125. The lowest BCUT2D eigenvalue weighted by Gasteiger charge is -2.31. The van der Waals surface area contributed by atoms with E-state index in [-0.39, 0.29) is 11.8 Å². The standard InChI is InChI=1S/C24H23F3N2O/c25-24(26,27)20-8-10-21(11-9-20)28-23(30)18-12-14-29(15-13-18)16-19-6-3-5-17-4-1-2-7-22(17)19/h1-11,18H,12-16H2,(H,28,30). The molecule has 1 amide bonds. The SMILES string of the molecule is O=C(Nc1ccc(C(F)(F)F)cc1)C1CCN(Cc2cccc3ccccc23)CC1. The summed E-state index contributed by atoms with van der Waals surface area (Å²) >= 11 is 0. The molecule has 3 nitrogen and oxygen atoms in total. The second kappa shape index (κ2) is 8.48. The average Bonchev–Trinajstić information content (AvgIpc) is 2.74. The zero-order valence-corrected chi connectivity index (χ0v) is 16.5. The summed E-state index contributed by atoms with van der Waals surface area (Å²) in [4.78, 5) is 14.9. The Morgan fingerprint density at radius 1 is 0.933 bits per heavy atom. The van der Waals surface area contributed by atoms with Gasteiger partial charge in [-0.05, 0) is 66.5 Å². The Hall–Kier alpha value is -2.86. The first-order chi connectivity index (χ1) is 14.4. The normalized spacial score (nSPS) is 16.0. The predicted molar refractivity (Wildman–Crippen MR) is 112 cm³/mol. The van der Waals surface area contributed by atoms with E-state index in [1.807, 2.05) is 12.1 Å². The number of hydrogen-bond donors (Lipinski definition) is 1. The van der Waals surface area contributed by atoms with Crippen LogP contribution in [0.1, 0.15) is 24.0 Å². The molecule has 3 aromatic carbocycles. The molecular weight excluding hydrogens is 389 g/mol. The van der Waals surface area contributed by atoms with Crippen LogP contribution >= 0.6 is 0 Å². The summed E-state index contributed by atoms with van der Waals surface area (Å²) in [5.74, 6) is -0.254. The van der Waals surface area contributed by atoms with Gasteiger partial charge in [-0.15, -0.1) is 0 Å². The third-order valence-electron chi connectivity index (χ3n) is 5.71. The van der Waals surface area contributed by atoms with Crippen molar-refractivity contribution < 1.29 is 18.0 Å². The van der Waals surface area contributed by atoms with Crippen molar-refractivity contribution >= 4 is 22.4 Å². The number of rotatable bonds is 4. The number of nitrogens with zero attached hydrogens (tertiary/aromatic N) is 1. The molecule has 0 aliphatic carbocycles. The van der Waals surface area contributed by atoms with E-state index in [4.69, 9.17) is 0 Å². The molecule has 0 radical (unpaired) electrons. The van der Waals surface area contributed by atoms with Gasteiger partial charge < -0.3 is 5.32 Å². The van der Waals surface area contributed by atoms with Crippen molar-refractivity contribution in [3.63, 3.8) is 0 Å². The Labute approximate surface area is 173 Å². The molecular formula is C24H23F3N2O. The molecule has 6 heteroatoms. The van der Waals surface area contributed by atoms with Crippen LogP contribution in [0, 0.1) is 5.92 Å². The summed E-state index contributed by atoms with van der Waals surface area (Å²) < 4.78 is 38.0. The summed E-state index contributed by atoms with van der Waals surface area (Å²) in [6, 6.07) is 19.2. The highest BCUT2D eigenvalue weighted by molar-refractivity contribution is 5.92. The molecule has 1 aliphatic heterocycles. The molecule has 156 valence electrons. The van der Waals surface area contributed by atoms with E-state index >= 15 is 0 Å². The van der Waals surface area contributed by atoms with Crippen LogP contribution in [0.5, 0.6) is 0 Å². The van der Waals surface area contributed by atoms with Gasteiger partial charge in [0.15, 0.2) is 0 Å². The molecule has 1 fully saturated rings. The number of fused-ring (bicyclic) bond motifs is 1. The quantitative estimate of drug-likeness (QED) is 0.595. The van der Waals surface area contributed by atoms with Crippen LogP contribution in [0.2, 0.25) is 0 Å². The highest BCUT2D eigenvalue weighted by Crippen LogP contribution is 2.30. The Morgan fingerprint density at radius 2 is 1.60 bits per heavy atom. The molecule has 0 unspecified atom stereocenters. The molecule has 30 heavy (non-hydrogen) atoms. The average molecular weight is 412 g/mol. The van der Waals surface area contributed by atoms with E-state index in [1.54, 1.807) is 0 Å². The molecule has 1 heterocycles. The third-order valence-corrected chi connectivity index (χ3v) is 5.71. The van der Waals surface area contributed by atoms with E-state index < -0.39 is 11.7 Å². The molecule has 0 saturated carbocycles. The van der Waals surface area contributed by atoms with Gasteiger partial charge in [0.2, 0.25) is 5.91 Å². The number of carbonyl (C=O) groups is 1. The Balaban J connectivity index is 1.32. The zero-order valence-electron chi connectivity index (χ0n) is 16.5. The largest absolute Gasteiger partial charge is 0.416 e. The highest BCUT2D eigenvalue weighted by atomic mass is 19.4. The van der Waals surface area contributed by atoms with Crippen LogP contribution in [-0.4, -0.2) is 23.9 Å². The summed E-state index contributed by atoms with van der Waals surface area (Å²) in [5.41, 5.74) is 0.953. The highest BCUT2D eigenvalue weighted by Gasteiger charge is 2.30. The lowest BCUT2D eigenvalue weighted by molar-refractivity contribution is -0.137. The van der Waals surface area contributed by atoms with Gasteiger partial charge in [-0.1, -0.05) is 42.5 Å². The third kappa shape index (κ3) is 4.65. The summed E-state index contributed by atoms with van der Waals surface area (Å²) in [5, 5.41) is 5.23. The van der Waals surface area contributed by atoms with Crippen molar-refractivity contribution in [2.24, 2.45) is 5.92 Å². The van der Waals surface area contributed by atoms with E-state index in [1.165, 1.54) is 28.5 Å². The first kappa shape index (κ1) is 20.4. The maximum Gasteiger partial charge on any atom is 0.416 e. The van der Waals surface area contributed by atoms with Gasteiger partial charge in [0.05, 0.1) is 5.56 Å². The van der Waals surface area contributed by atoms with E-state index in [0.717, 1.165) is 44.6 Å². The van der Waals surface area contributed by atoms with Gasteiger partial charge in [0.1, 0.15) is 0 Å². The van der Waals surface area contributed by atoms with E-state index in [2.05, 4.69) is 40.5 Å². The number of carbonyl (C=O) groups excluding carboxylic acids is 1.